The molecule has 1 saturated carbocycles. The maximum absolute atomic E-state index is 6.32. The van der Waals surface area contributed by atoms with Crippen LogP contribution in [0.1, 0.15) is 32.1 Å². The minimum absolute atomic E-state index is 0.373. The van der Waals surface area contributed by atoms with Crippen LogP contribution in [0, 0.1) is 5.92 Å². The molecule has 1 heterocycles. The van der Waals surface area contributed by atoms with Crippen molar-refractivity contribution in [3.63, 3.8) is 0 Å². The maximum atomic E-state index is 6.32. The number of rotatable bonds is 3. The highest BCUT2D eigenvalue weighted by Gasteiger charge is 2.25. The number of likely N-dealkylation sites (tertiary alicyclic amines) is 1. The summed E-state index contributed by atoms with van der Waals surface area (Å²) in [6.07, 6.45) is 6.49. The maximum Gasteiger partial charge on any atom is 0.0489 e. The van der Waals surface area contributed by atoms with E-state index in [1.807, 2.05) is 0 Å². The molecule has 0 aromatic carbocycles. The summed E-state index contributed by atoms with van der Waals surface area (Å²) in [6.45, 7) is 3.69. The van der Waals surface area contributed by atoms with Gasteiger partial charge in [0.2, 0.25) is 0 Å². The van der Waals surface area contributed by atoms with Gasteiger partial charge >= 0.3 is 0 Å². The number of alkyl halides is 1. The fourth-order valence-electron chi connectivity index (χ4n) is 2.83. The molecular formula is C12H23ClN2. The quantitative estimate of drug-likeness (QED) is 0.747. The lowest BCUT2D eigenvalue weighted by Crippen LogP contribution is -2.41. The molecule has 0 bridgehead atoms. The lowest BCUT2D eigenvalue weighted by molar-refractivity contribution is 0.342. The molecule has 3 atom stereocenters. The zero-order chi connectivity index (χ0) is 10.7. The highest BCUT2D eigenvalue weighted by molar-refractivity contribution is 6.21. The van der Waals surface area contributed by atoms with Crippen LogP contribution in [0.3, 0.4) is 0 Å². The third-order valence-corrected chi connectivity index (χ3v) is 4.36. The van der Waals surface area contributed by atoms with Gasteiger partial charge in [-0.1, -0.05) is 12.8 Å². The Labute approximate surface area is 98.4 Å². The predicted molar refractivity (Wildman–Crippen MR) is 65.5 cm³/mol. The SMILES string of the molecule is CN1CCC(CNC2CCCCC2Cl)C1. The van der Waals surface area contributed by atoms with Crippen molar-refractivity contribution in [1.82, 2.24) is 10.2 Å². The minimum atomic E-state index is 0.373. The molecule has 2 nitrogen and oxygen atoms in total. The van der Waals surface area contributed by atoms with Crippen molar-refractivity contribution in [1.29, 1.82) is 0 Å². The molecule has 1 N–H and O–H groups in total. The van der Waals surface area contributed by atoms with E-state index in [4.69, 9.17) is 11.6 Å². The molecular weight excluding hydrogens is 208 g/mol. The van der Waals surface area contributed by atoms with Gasteiger partial charge in [-0.25, -0.2) is 0 Å². The number of hydrogen-bond acceptors (Lipinski definition) is 2. The first-order valence-corrected chi connectivity index (χ1v) is 6.75. The van der Waals surface area contributed by atoms with Crippen molar-refractivity contribution in [2.75, 3.05) is 26.7 Å². The molecule has 0 amide bonds. The minimum Gasteiger partial charge on any atom is -0.312 e. The van der Waals surface area contributed by atoms with Gasteiger partial charge in [-0.15, -0.1) is 11.6 Å². The van der Waals surface area contributed by atoms with Gasteiger partial charge in [-0.3, -0.25) is 0 Å². The third-order valence-electron chi connectivity index (χ3n) is 3.84. The van der Waals surface area contributed by atoms with Crippen LogP contribution >= 0.6 is 11.6 Å². The van der Waals surface area contributed by atoms with Crippen molar-refractivity contribution >= 4 is 11.6 Å². The van der Waals surface area contributed by atoms with E-state index in [1.165, 1.54) is 45.2 Å². The van der Waals surface area contributed by atoms with Crippen LogP contribution in [-0.2, 0) is 0 Å². The van der Waals surface area contributed by atoms with Crippen molar-refractivity contribution in [2.24, 2.45) is 5.92 Å². The van der Waals surface area contributed by atoms with Crippen molar-refractivity contribution < 1.29 is 0 Å². The molecule has 0 aromatic rings. The topological polar surface area (TPSA) is 15.3 Å². The molecule has 3 unspecified atom stereocenters. The molecule has 1 aliphatic carbocycles. The summed E-state index contributed by atoms with van der Waals surface area (Å²) in [7, 11) is 2.21. The van der Waals surface area contributed by atoms with Gasteiger partial charge in [0.05, 0.1) is 0 Å². The van der Waals surface area contributed by atoms with Crippen LogP contribution in [0.25, 0.3) is 0 Å². The van der Waals surface area contributed by atoms with E-state index < -0.39 is 0 Å². The van der Waals surface area contributed by atoms with Gasteiger partial charge < -0.3 is 10.2 Å². The van der Waals surface area contributed by atoms with Gasteiger partial charge in [0.1, 0.15) is 0 Å². The fourth-order valence-corrected chi connectivity index (χ4v) is 3.20. The van der Waals surface area contributed by atoms with E-state index in [9.17, 15) is 0 Å². The number of halogens is 1. The standard InChI is InChI=1S/C12H23ClN2/c1-15-7-6-10(9-15)8-14-12-5-3-2-4-11(12)13/h10-12,14H,2-9H2,1H3. The van der Waals surface area contributed by atoms with Crippen molar-refractivity contribution in [3.8, 4) is 0 Å². The van der Waals surface area contributed by atoms with Crippen molar-refractivity contribution in [3.05, 3.63) is 0 Å². The second-order valence-corrected chi connectivity index (χ2v) is 5.79. The predicted octanol–water partition coefficient (Wildman–Crippen LogP) is 2.08. The summed E-state index contributed by atoms with van der Waals surface area (Å²) in [6, 6.07) is 0.575. The molecule has 2 aliphatic rings. The fraction of sp³-hybridized carbons (Fsp3) is 1.00. The Kier molecular flexibility index (Phi) is 4.30. The number of nitrogens with one attached hydrogen (secondary N) is 1. The van der Waals surface area contributed by atoms with E-state index >= 15 is 0 Å². The van der Waals surface area contributed by atoms with Crippen LogP contribution in [0.2, 0.25) is 0 Å². The molecule has 2 rings (SSSR count). The summed E-state index contributed by atoms with van der Waals surface area (Å²) >= 11 is 6.32. The van der Waals surface area contributed by atoms with Crippen LogP contribution in [0.15, 0.2) is 0 Å². The van der Waals surface area contributed by atoms with Gasteiger partial charge in [-0.2, -0.15) is 0 Å². The average molecular weight is 231 g/mol. The monoisotopic (exact) mass is 230 g/mol. The van der Waals surface area contributed by atoms with E-state index in [1.54, 1.807) is 0 Å². The molecule has 0 aromatic heterocycles. The van der Waals surface area contributed by atoms with E-state index in [0.29, 0.717) is 11.4 Å². The lowest BCUT2D eigenvalue weighted by atomic mass is 9.94. The van der Waals surface area contributed by atoms with Gasteiger partial charge in [0, 0.05) is 18.0 Å². The summed E-state index contributed by atoms with van der Waals surface area (Å²) in [5.41, 5.74) is 0. The molecule has 88 valence electrons. The first kappa shape index (κ1) is 11.7. The highest BCUT2D eigenvalue weighted by atomic mass is 35.5. The van der Waals surface area contributed by atoms with Gasteiger partial charge in [-0.05, 0) is 45.3 Å². The number of nitrogens with zero attached hydrogens (tertiary/aromatic N) is 1. The van der Waals surface area contributed by atoms with Crippen molar-refractivity contribution in [2.45, 2.75) is 43.5 Å². The molecule has 0 radical (unpaired) electrons. The normalized spacial score (nSPS) is 38.4. The van der Waals surface area contributed by atoms with Crippen LogP contribution in [-0.4, -0.2) is 43.0 Å². The Morgan fingerprint density at radius 3 is 2.73 bits per heavy atom. The Hall–Kier alpha value is 0.210. The lowest BCUT2D eigenvalue weighted by Gasteiger charge is -2.29. The zero-order valence-corrected chi connectivity index (χ0v) is 10.5. The molecule has 1 aliphatic heterocycles. The second kappa shape index (κ2) is 5.51. The molecule has 3 heteroatoms. The second-order valence-electron chi connectivity index (χ2n) is 5.23. The van der Waals surface area contributed by atoms with E-state index in [-0.39, 0.29) is 0 Å². The third kappa shape index (κ3) is 3.33. The Balaban J connectivity index is 1.68. The first-order valence-electron chi connectivity index (χ1n) is 6.31. The Morgan fingerprint density at radius 2 is 2.07 bits per heavy atom. The molecule has 2 fully saturated rings. The van der Waals surface area contributed by atoms with Gasteiger partial charge in [0.25, 0.3) is 0 Å². The summed E-state index contributed by atoms with van der Waals surface area (Å²) in [5.74, 6) is 0.848. The largest absolute Gasteiger partial charge is 0.312 e. The summed E-state index contributed by atoms with van der Waals surface area (Å²) < 4.78 is 0. The molecule has 0 spiro atoms. The average Bonchev–Trinajstić information content (AvgIpc) is 2.63. The van der Waals surface area contributed by atoms with Gasteiger partial charge in [0.15, 0.2) is 0 Å². The van der Waals surface area contributed by atoms with Crippen LogP contribution in [0.4, 0.5) is 0 Å². The summed E-state index contributed by atoms with van der Waals surface area (Å²) in [4.78, 5) is 2.42. The Morgan fingerprint density at radius 1 is 1.27 bits per heavy atom. The van der Waals surface area contributed by atoms with Crippen LogP contribution < -0.4 is 5.32 Å². The zero-order valence-electron chi connectivity index (χ0n) is 9.71. The highest BCUT2D eigenvalue weighted by Crippen LogP contribution is 2.23. The number of hydrogen-bond donors (Lipinski definition) is 1. The molecule has 1 saturated heterocycles. The van der Waals surface area contributed by atoms with E-state index in [2.05, 4.69) is 17.3 Å². The summed E-state index contributed by atoms with van der Waals surface area (Å²) in [5, 5.41) is 4.05. The van der Waals surface area contributed by atoms with E-state index in [0.717, 1.165) is 12.5 Å². The molecule has 15 heavy (non-hydrogen) atoms. The smallest absolute Gasteiger partial charge is 0.0489 e. The van der Waals surface area contributed by atoms with Crippen LogP contribution in [0.5, 0.6) is 0 Å². The Bertz CT molecular complexity index is 198. The first-order chi connectivity index (χ1) is 7.25.